The van der Waals surface area contributed by atoms with Crippen LogP contribution in [0.5, 0.6) is 0 Å². The number of hydrogen-bond donors (Lipinski definition) is 0. The number of nitro benzene ring substituents is 1. The van der Waals surface area contributed by atoms with Crippen LogP contribution in [0.25, 0.3) is 6.08 Å². The van der Waals surface area contributed by atoms with Gasteiger partial charge in [-0.15, -0.1) is 0 Å². The molecule has 0 spiro atoms. The third kappa shape index (κ3) is 3.00. The number of rotatable bonds is 3. The van der Waals surface area contributed by atoms with Crippen molar-refractivity contribution in [1.82, 2.24) is 0 Å². The molecule has 0 amide bonds. The highest BCUT2D eigenvalue weighted by Gasteiger charge is 2.26. The third-order valence-electron chi connectivity index (χ3n) is 3.05. The summed E-state index contributed by atoms with van der Waals surface area (Å²) in [7, 11) is 0. The molecule has 0 radical (unpaired) electrons. The number of aryl methyl sites for hydroxylation is 1. The zero-order valence-electron chi connectivity index (χ0n) is 11.8. The number of ether oxygens (including phenoxy) is 1. The van der Waals surface area contributed by atoms with E-state index in [1.54, 1.807) is 19.1 Å². The van der Waals surface area contributed by atoms with E-state index in [2.05, 4.69) is 4.99 Å². The Balaban J connectivity index is 1.97. The Morgan fingerprint density at radius 3 is 2.74 bits per heavy atom. The van der Waals surface area contributed by atoms with Gasteiger partial charge in [-0.05, 0) is 31.2 Å². The minimum absolute atomic E-state index is 0.00880. The lowest BCUT2D eigenvalue weighted by Crippen LogP contribution is -2.06. The van der Waals surface area contributed by atoms with Gasteiger partial charge >= 0.3 is 5.97 Å². The van der Waals surface area contributed by atoms with E-state index in [0.29, 0.717) is 11.5 Å². The molecule has 1 aromatic heterocycles. The predicted octanol–water partition coefficient (Wildman–Crippen LogP) is 3.49. The molecule has 3 rings (SSSR count). The van der Waals surface area contributed by atoms with Crippen LogP contribution in [0.2, 0.25) is 5.02 Å². The third-order valence-corrected chi connectivity index (χ3v) is 3.37. The van der Waals surface area contributed by atoms with Crippen LogP contribution in [-0.2, 0) is 9.53 Å². The van der Waals surface area contributed by atoms with Gasteiger partial charge in [-0.25, -0.2) is 9.79 Å². The lowest BCUT2D eigenvalue weighted by Gasteiger charge is -2.00. The summed E-state index contributed by atoms with van der Waals surface area (Å²) in [6.07, 6.45) is 1.44. The topological polar surface area (TPSA) is 94.9 Å². The molecule has 1 aliphatic heterocycles. The van der Waals surface area contributed by atoms with Gasteiger partial charge in [-0.3, -0.25) is 10.1 Å². The van der Waals surface area contributed by atoms with Crippen molar-refractivity contribution < 1.29 is 18.9 Å². The molecule has 0 bridgehead atoms. The molecular formula is C15H9ClN2O5. The Labute approximate surface area is 135 Å². The second-order valence-electron chi connectivity index (χ2n) is 4.71. The van der Waals surface area contributed by atoms with E-state index in [-0.39, 0.29) is 27.9 Å². The van der Waals surface area contributed by atoms with Gasteiger partial charge in [-0.1, -0.05) is 11.6 Å². The lowest BCUT2D eigenvalue weighted by atomic mass is 10.2. The molecule has 8 heteroatoms. The summed E-state index contributed by atoms with van der Waals surface area (Å²) in [6, 6.07) is 7.48. The summed E-state index contributed by atoms with van der Waals surface area (Å²) < 4.78 is 10.4. The fraction of sp³-hybridized carbons (Fsp3) is 0.0667. The molecule has 23 heavy (non-hydrogen) atoms. The first-order valence-corrected chi connectivity index (χ1v) is 6.85. The number of aliphatic imine (C=N–C) groups is 1. The van der Waals surface area contributed by atoms with Crippen molar-refractivity contribution in [2.75, 3.05) is 0 Å². The smallest absolute Gasteiger partial charge is 0.363 e. The number of esters is 1. The van der Waals surface area contributed by atoms with Crippen molar-refractivity contribution in [2.45, 2.75) is 6.92 Å². The molecule has 7 nitrogen and oxygen atoms in total. The number of benzene rings is 1. The van der Waals surface area contributed by atoms with Crippen molar-refractivity contribution in [1.29, 1.82) is 0 Å². The maximum atomic E-state index is 11.8. The summed E-state index contributed by atoms with van der Waals surface area (Å²) in [5.41, 5.74) is 0.0439. The highest BCUT2D eigenvalue weighted by Crippen LogP contribution is 2.27. The molecule has 2 aromatic rings. The highest BCUT2D eigenvalue weighted by atomic mass is 35.5. The number of furan rings is 1. The van der Waals surface area contributed by atoms with E-state index >= 15 is 0 Å². The largest absolute Gasteiger partial charge is 0.462 e. The summed E-state index contributed by atoms with van der Waals surface area (Å²) >= 11 is 5.75. The van der Waals surface area contributed by atoms with Crippen LogP contribution in [0.4, 0.5) is 5.69 Å². The first-order chi connectivity index (χ1) is 10.9. The molecule has 0 aliphatic carbocycles. The quantitative estimate of drug-likeness (QED) is 0.371. The van der Waals surface area contributed by atoms with Crippen LogP contribution in [-0.4, -0.2) is 16.8 Å². The highest BCUT2D eigenvalue weighted by molar-refractivity contribution is 6.32. The normalized spacial score (nSPS) is 15.7. The van der Waals surface area contributed by atoms with Crippen LogP contribution >= 0.6 is 11.6 Å². The Morgan fingerprint density at radius 2 is 2.09 bits per heavy atom. The average Bonchev–Trinajstić information content (AvgIpc) is 3.06. The number of cyclic esters (lactones) is 1. The molecule has 0 saturated carbocycles. The molecule has 0 saturated heterocycles. The van der Waals surface area contributed by atoms with Crippen molar-refractivity contribution in [2.24, 2.45) is 4.99 Å². The maximum absolute atomic E-state index is 11.8. The van der Waals surface area contributed by atoms with Gasteiger partial charge in [0, 0.05) is 17.7 Å². The van der Waals surface area contributed by atoms with Gasteiger partial charge in [-0.2, -0.15) is 0 Å². The second-order valence-corrected chi connectivity index (χ2v) is 5.11. The van der Waals surface area contributed by atoms with E-state index in [4.69, 9.17) is 20.8 Å². The fourth-order valence-corrected chi connectivity index (χ4v) is 2.17. The van der Waals surface area contributed by atoms with Crippen LogP contribution in [0.3, 0.4) is 0 Å². The van der Waals surface area contributed by atoms with E-state index in [9.17, 15) is 14.9 Å². The van der Waals surface area contributed by atoms with Crippen LogP contribution in [0.15, 0.2) is 45.4 Å². The van der Waals surface area contributed by atoms with Gasteiger partial charge in [0.15, 0.2) is 5.70 Å². The van der Waals surface area contributed by atoms with Crippen LogP contribution in [0.1, 0.15) is 17.1 Å². The molecule has 116 valence electrons. The van der Waals surface area contributed by atoms with Crippen molar-refractivity contribution in [3.8, 4) is 0 Å². The minimum atomic E-state index is -0.661. The molecule has 0 unspecified atom stereocenters. The molecular weight excluding hydrogens is 324 g/mol. The molecule has 0 fully saturated rings. The minimum Gasteiger partial charge on any atom is -0.462 e. The summed E-state index contributed by atoms with van der Waals surface area (Å²) in [6.45, 7) is 1.77. The summed E-state index contributed by atoms with van der Waals surface area (Å²) in [5.74, 6) is 0.471. The van der Waals surface area contributed by atoms with Gasteiger partial charge < -0.3 is 9.15 Å². The Hall–Kier alpha value is -2.93. The van der Waals surface area contributed by atoms with E-state index in [1.807, 2.05) is 0 Å². The SMILES string of the molecule is Cc1ccc(/C=C2/N=C(c3ccc(Cl)c([N+](=O)[O-])c3)OC2=O)o1. The predicted molar refractivity (Wildman–Crippen MR) is 82.2 cm³/mol. The maximum Gasteiger partial charge on any atom is 0.363 e. The van der Waals surface area contributed by atoms with Crippen molar-refractivity contribution in [3.05, 3.63) is 68.2 Å². The number of carbonyl (C=O) groups is 1. The zero-order valence-corrected chi connectivity index (χ0v) is 12.5. The monoisotopic (exact) mass is 332 g/mol. The lowest BCUT2D eigenvalue weighted by molar-refractivity contribution is -0.384. The van der Waals surface area contributed by atoms with E-state index in [0.717, 1.165) is 0 Å². The molecule has 2 heterocycles. The van der Waals surface area contributed by atoms with E-state index in [1.165, 1.54) is 24.3 Å². The van der Waals surface area contributed by atoms with Crippen LogP contribution < -0.4 is 0 Å². The summed E-state index contributed by atoms with van der Waals surface area (Å²) in [4.78, 5) is 26.2. The fourth-order valence-electron chi connectivity index (χ4n) is 1.98. The number of halogens is 1. The molecule has 1 aromatic carbocycles. The van der Waals surface area contributed by atoms with Gasteiger partial charge in [0.25, 0.3) is 5.69 Å². The van der Waals surface area contributed by atoms with E-state index < -0.39 is 10.9 Å². The standard InChI is InChI=1S/C15H9ClN2O5/c1-8-2-4-10(22-8)7-12-15(19)23-14(17-12)9-3-5-11(16)13(6-9)18(20)21/h2-7H,1H3/b12-7+. The average molecular weight is 333 g/mol. The van der Waals surface area contributed by atoms with Crippen LogP contribution in [0, 0.1) is 17.0 Å². The summed E-state index contributed by atoms with van der Waals surface area (Å²) in [5, 5.41) is 10.9. The number of hydrogen-bond acceptors (Lipinski definition) is 6. The number of nitrogens with zero attached hydrogens (tertiary/aromatic N) is 2. The Kier molecular flexibility index (Phi) is 3.71. The first-order valence-electron chi connectivity index (χ1n) is 6.47. The number of nitro groups is 1. The second kappa shape index (κ2) is 5.69. The Morgan fingerprint density at radius 1 is 1.30 bits per heavy atom. The number of carbonyl (C=O) groups excluding carboxylic acids is 1. The van der Waals surface area contributed by atoms with Gasteiger partial charge in [0.1, 0.15) is 16.5 Å². The first kappa shape index (κ1) is 15.0. The van der Waals surface area contributed by atoms with Gasteiger partial charge in [0.2, 0.25) is 5.90 Å². The Bertz CT molecular complexity index is 882. The zero-order chi connectivity index (χ0) is 16.6. The molecule has 0 N–H and O–H groups in total. The van der Waals surface area contributed by atoms with Crippen molar-refractivity contribution >= 4 is 35.2 Å². The van der Waals surface area contributed by atoms with Crippen molar-refractivity contribution in [3.63, 3.8) is 0 Å². The molecule has 0 atom stereocenters. The molecule has 1 aliphatic rings. The van der Waals surface area contributed by atoms with Gasteiger partial charge in [0.05, 0.1) is 4.92 Å².